The van der Waals surface area contributed by atoms with Crippen LogP contribution in [0.25, 0.3) is 0 Å². The number of carboxylic acids is 1. The molecule has 1 aliphatic rings. The molecule has 18 heavy (non-hydrogen) atoms. The second-order valence-electron chi connectivity index (χ2n) is 5.00. The Morgan fingerprint density at radius 3 is 2.28 bits per heavy atom. The van der Waals surface area contributed by atoms with Crippen molar-refractivity contribution in [2.45, 2.75) is 64.0 Å². The zero-order valence-electron chi connectivity index (χ0n) is 11.3. The van der Waals surface area contributed by atoms with Gasteiger partial charge in [-0.15, -0.1) is 0 Å². The number of hydrogen-bond acceptors (Lipinski definition) is 2. The predicted molar refractivity (Wildman–Crippen MR) is 69.5 cm³/mol. The third-order valence-corrected chi connectivity index (χ3v) is 3.70. The van der Waals surface area contributed by atoms with Gasteiger partial charge in [0.1, 0.15) is 6.04 Å². The SMILES string of the molecule is CCC(NC(=O)N(C)C1CCCCCC1)C(=O)O. The van der Waals surface area contributed by atoms with E-state index in [1.807, 2.05) is 0 Å². The minimum atomic E-state index is -0.972. The van der Waals surface area contributed by atoms with Gasteiger partial charge >= 0.3 is 12.0 Å². The van der Waals surface area contributed by atoms with E-state index in [1.165, 1.54) is 12.8 Å². The first kappa shape index (κ1) is 14.8. The Morgan fingerprint density at radius 1 is 1.28 bits per heavy atom. The largest absolute Gasteiger partial charge is 0.480 e. The van der Waals surface area contributed by atoms with Crippen molar-refractivity contribution < 1.29 is 14.7 Å². The second kappa shape index (κ2) is 7.24. The van der Waals surface area contributed by atoms with Crippen molar-refractivity contribution in [3.05, 3.63) is 0 Å². The van der Waals surface area contributed by atoms with Gasteiger partial charge in [-0.25, -0.2) is 9.59 Å². The molecule has 1 atom stereocenters. The van der Waals surface area contributed by atoms with Crippen molar-refractivity contribution >= 4 is 12.0 Å². The summed E-state index contributed by atoms with van der Waals surface area (Å²) in [7, 11) is 1.76. The van der Waals surface area contributed by atoms with E-state index >= 15 is 0 Å². The average Bonchev–Trinajstić information content (AvgIpc) is 2.62. The van der Waals surface area contributed by atoms with Crippen molar-refractivity contribution in [1.29, 1.82) is 0 Å². The Kier molecular flexibility index (Phi) is 5.95. The first-order valence-electron chi connectivity index (χ1n) is 6.82. The van der Waals surface area contributed by atoms with Crippen LogP contribution in [-0.4, -0.2) is 41.1 Å². The molecule has 2 amide bonds. The van der Waals surface area contributed by atoms with E-state index in [4.69, 9.17) is 5.11 Å². The number of nitrogens with one attached hydrogen (secondary N) is 1. The molecule has 1 saturated carbocycles. The number of amides is 2. The lowest BCUT2D eigenvalue weighted by Gasteiger charge is -2.28. The van der Waals surface area contributed by atoms with E-state index < -0.39 is 12.0 Å². The lowest BCUT2D eigenvalue weighted by molar-refractivity contribution is -0.139. The van der Waals surface area contributed by atoms with E-state index in [-0.39, 0.29) is 12.1 Å². The summed E-state index contributed by atoms with van der Waals surface area (Å²) in [6, 6.07) is -0.805. The molecule has 0 saturated heterocycles. The Balaban J connectivity index is 2.51. The lowest BCUT2D eigenvalue weighted by atomic mass is 10.1. The Bertz CT molecular complexity index is 286. The first-order valence-corrected chi connectivity index (χ1v) is 6.82. The number of carbonyl (C=O) groups excluding carboxylic acids is 1. The highest BCUT2D eigenvalue weighted by atomic mass is 16.4. The number of nitrogens with zero attached hydrogens (tertiary/aromatic N) is 1. The smallest absolute Gasteiger partial charge is 0.326 e. The highest BCUT2D eigenvalue weighted by molar-refractivity contribution is 5.82. The van der Waals surface area contributed by atoms with Crippen LogP contribution in [0.2, 0.25) is 0 Å². The molecule has 1 rings (SSSR count). The van der Waals surface area contributed by atoms with E-state index in [2.05, 4.69) is 5.32 Å². The Hall–Kier alpha value is -1.26. The fourth-order valence-corrected chi connectivity index (χ4v) is 2.40. The first-order chi connectivity index (χ1) is 8.56. The zero-order valence-corrected chi connectivity index (χ0v) is 11.3. The number of carboxylic acid groups (broad SMARTS) is 1. The van der Waals surface area contributed by atoms with E-state index in [0.29, 0.717) is 6.42 Å². The van der Waals surface area contributed by atoms with Gasteiger partial charge in [0.25, 0.3) is 0 Å². The van der Waals surface area contributed by atoms with Crippen LogP contribution in [0.5, 0.6) is 0 Å². The number of urea groups is 1. The molecule has 1 fully saturated rings. The summed E-state index contributed by atoms with van der Waals surface area (Å²) in [5, 5.41) is 11.5. The summed E-state index contributed by atoms with van der Waals surface area (Å²) in [5.41, 5.74) is 0. The molecule has 104 valence electrons. The van der Waals surface area contributed by atoms with Crippen LogP contribution in [0.4, 0.5) is 4.79 Å². The van der Waals surface area contributed by atoms with Gasteiger partial charge in [-0.2, -0.15) is 0 Å². The molecule has 0 aliphatic heterocycles. The Labute approximate surface area is 109 Å². The van der Waals surface area contributed by atoms with Gasteiger partial charge in [-0.3, -0.25) is 0 Å². The number of carbonyl (C=O) groups is 2. The summed E-state index contributed by atoms with van der Waals surface area (Å²) in [6.45, 7) is 1.75. The predicted octanol–water partition coefficient (Wildman–Crippen LogP) is 2.21. The molecule has 0 aromatic heterocycles. The third kappa shape index (κ3) is 4.20. The van der Waals surface area contributed by atoms with Gasteiger partial charge in [-0.05, 0) is 19.3 Å². The van der Waals surface area contributed by atoms with Gasteiger partial charge < -0.3 is 15.3 Å². The van der Waals surface area contributed by atoms with Crippen molar-refractivity contribution in [2.75, 3.05) is 7.05 Å². The minimum absolute atomic E-state index is 0.249. The van der Waals surface area contributed by atoms with Crippen molar-refractivity contribution in [3.8, 4) is 0 Å². The number of aliphatic carboxylic acids is 1. The van der Waals surface area contributed by atoms with Crippen LogP contribution < -0.4 is 5.32 Å². The summed E-state index contributed by atoms with van der Waals surface area (Å²) in [4.78, 5) is 24.5. The maximum absolute atomic E-state index is 12.0. The molecule has 0 radical (unpaired) electrons. The van der Waals surface area contributed by atoms with Crippen LogP contribution in [0, 0.1) is 0 Å². The minimum Gasteiger partial charge on any atom is -0.480 e. The Morgan fingerprint density at radius 2 is 1.83 bits per heavy atom. The van der Waals surface area contributed by atoms with E-state index in [9.17, 15) is 9.59 Å². The second-order valence-corrected chi connectivity index (χ2v) is 5.00. The molecule has 1 aliphatic carbocycles. The maximum atomic E-state index is 12.0. The summed E-state index contributed by atoms with van der Waals surface area (Å²) in [6.07, 6.45) is 7.22. The topological polar surface area (TPSA) is 69.6 Å². The molecule has 5 heteroatoms. The molecule has 0 heterocycles. The standard InChI is InChI=1S/C13H24N2O3/c1-3-11(12(16)17)14-13(18)15(2)10-8-6-4-5-7-9-10/h10-11H,3-9H2,1-2H3,(H,14,18)(H,16,17). The van der Waals surface area contributed by atoms with Crippen LogP contribution in [-0.2, 0) is 4.79 Å². The van der Waals surface area contributed by atoms with Crippen LogP contribution in [0.15, 0.2) is 0 Å². The number of rotatable bonds is 4. The molecular weight excluding hydrogens is 232 g/mol. The van der Waals surface area contributed by atoms with Crippen LogP contribution in [0.1, 0.15) is 51.9 Å². The summed E-state index contributed by atoms with van der Waals surface area (Å²) >= 11 is 0. The molecule has 1 unspecified atom stereocenters. The highest BCUT2D eigenvalue weighted by Crippen LogP contribution is 2.21. The van der Waals surface area contributed by atoms with Gasteiger partial charge in [0, 0.05) is 13.1 Å². The van der Waals surface area contributed by atoms with E-state index in [1.54, 1.807) is 18.9 Å². The molecule has 0 bridgehead atoms. The quantitative estimate of drug-likeness (QED) is 0.758. The molecule has 0 aromatic rings. The number of hydrogen-bond donors (Lipinski definition) is 2. The lowest BCUT2D eigenvalue weighted by Crippen LogP contribution is -2.49. The normalized spacial score (nSPS) is 18.8. The van der Waals surface area contributed by atoms with Gasteiger partial charge in [-0.1, -0.05) is 32.6 Å². The average molecular weight is 256 g/mol. The van der Waals surface area contributed by atoms with Crippen LogP contribution >= 0.6 is 0 Å². The van der Waals surface area contributed by atoms with E-state index in [0.717, 1.165) is 25.7 Å². The third-order valence-electron chi connectivity index (χ3n) is 3.70. The van der Waals surface area contributed by atoms with Gasteiger partial charge in [0.05, 0.1) is 0 Å². The maximum Gasteiger partial charge on any atom is 0.326 e. The van der Waals surface area contributed by atoms with Crippen molar-refractivity contribution in [1.82, 2.24) is 10.2 Å². The van der Waals surface area contributed by atoms with Gasteiger partial charge in [0.15, 0.2) is 0 Å². The molecule has 0 spiro atoms. The fourth-order valence-electron chi connectivity index (χ4n) is 2.40. The van der Waals surface area contributed by atoms with Crippen molar-refractivity contribution in [3.63, 3.8) is 0 Å². The monoisotopic (exact) mass is 256 g/mol. The summed E-state index contributed by atoms with van der Waals surface area (Å²) in [5.74, 6) is -0.972. The highest BCUT2D eigenvalue weighted by Gasteiger charge is 2.24. The molecule has 0 aromatic carbocycles. The fraction of sp³-hybridized carbons (Fsp3) is 0.846. The summed E-state index contributed by atoms with van der Waals surface area (Å²) < 4.78 is 0. The molecule has 5 nitrogen and oxygen atoms in total. The van der Waals surface area contributed by atoms with Gasteiger partial charge in [0.2, 0.25) is 0 Å². The molecule has 2 N–H and O–H groups in total. The van der Waals surface area contributed by atoms with Crippen molar-refractivity contribution in [2.24, 2.45) is 0 Å². The molecular formula is C13H24N2O3. The van der Waals surface area contributed by atoms with Crippen LogP contribution in [0.3, 0.4) is 0 Å². The zero-order chi connectivity index (χ0) is 13.5.